The van der Waals surface area contributed by atoms with Crippen LogP contribution in [0.1, 0.15) is 5.76 Å². The Morgan fingerprint density at radius 2 is 2.03 bits per heavy atom. The molecular weight excluding hydrogens is 494 g/mol. The molecule has 0 atom stereocenters. The van der Waals surface area contributed by atoms with Crippen molar-refractivity contribution >= 4 is 45.7 Å². The molecule has 2 heterocycles. The highest BCUT2D eigenvalue weighted by Gasteiger charge is 2.20. The molecule has 0 saturated heterocycles. The van der Waals surface area contributed by atoms with Crippen LogP contribution in [0.3, 0.4) is 0 Å². The maximum atomic E-state index is 12.6. The molecule has 174 valence electrons. The Bertz CT molecular complexity index is 1500. The topological polar surface area (TPSA) is 144 Å². The summed E-state index contributed by atoms with van der Waals surface area (Å²) in [5.41, 5.74) is 0.418. The Morgan fingerprint density at radius 3 is 2.74 bits per heavy atom. The summed E-state index contributed by atoms with van der Waals surface area (Å²) in [6.45, 7) is 0. The van der Waals surface area contributed by atoms with Gasteiger partial charge in [0, 0.05) is 11.6 Å². The van der Waals surface area contributed by atoms with E-state index in [-0.39, 0.29) is 33.5 Å². The number of nitrogens with one attached hydrogen (secondary N) is 1. The molecule has 4 aromatic rings. The van der Waals surface area contributed by atoms with Crippen LogP contribution in [-0.2, 0) is 4.79 Å². The molecule has 2 aromatic heterocycles. The first kappa shape index (κ1) is 23.6. The Labute approximate surface area is 207 Å². The first-order chi connectivity index (χ1) is 16.9. The van der Waals surface area contributed by atoms with Gasteiger partial charge in [0.05, 0.1) is 28.7 Å². The van der Waals surface area contributed by atoms with Crippen molar-refractivity contribution in [2.75, 3.05) is 12.4 Å². The zero-order valence-electron chi connectivity index (χ0n) is 17.9. The van der Waals surface area contributed by atoms with Crippen molar-refractivity contribution in [3.8, 4) is 33.7 Å². The van der Waals surface area contributed by atoms with Gasteiger partial charge in [-0.1, -0.05) is 41.1 Å². The number of hydrogen-bond donors (Lipinski definition) is 1. The third kappa shape index (κ3) is 5.19. The fourth-order valence-electron chi connectivity index (χ4n) is 3.05. The Morgan fingerprint density at radius 1 is 1.23 bits per heavy atom. The van der Waals surface area contributed by atoms with Gasteiger partial charge < -0.3 is 9.15 Å². The highest BCUT2D eigenvalue weighted by atomic mass is 35.5. The van der Waals surface area contributed by atoms with E-state index in [1.807, 2.05) is 6.07 Å². The number of nitro groups is 1. The van der Waals surface area contributed by atoms with Crippen molar-refractivity contribution in [2.24, 2.45) is 0 Å². The molecule has 0 unspecified atom stereocenters. The maximum absolute atomic E-state index is 12.6. The Balaban J connectivity index is 1.55. The van der Waals surface area contributed by atoms with E-state index in [1.54, 1.807) is 30.3 Å². The summed E-state index contributed by atoms with van der Waals surface area (Å²) >= 11 is 7.27. The van der Waals surface area contributed by atoms with Gasteiger partial charge in [-0.2, -0.15) is 5.26 Å². The molecule has 0 aliphatic carbocycles. The molecule has 2 aromatic carbocycles. The van der Waals surface area contributed by atoms with Gasteiger partial charge in [-0.25, -0.2) is 0 Å². The lowest BCUT2D eigenvalue weighted by atomic mass is 10.1. The summed E-state index contributed by atoms with van der Waals surface area (Å²) in [5, 5.41) is 32.6. The Kier molecular flexibility index (Phi) is 6.86. The number of furan rings is 1. The second-order valence-corrected chi connectivity index (χ2v) is 8.24. The number of carbonyl (C=O) groups is 1. The van der Waals surface area contributed by atoms with E-state index < -0.39 is 10.8 Å². The van der Waals surface area contributed by atoms with Crippen molar-refractivity contribution < 1.29 is 18.9 Å². The van der Waals surface area contributed by atoms with Crippen molar-refractivity contribution in [3.63, 3.8) is 0 Å². The van der Waals surface area contributed by atoms with E-state index >= 15 is 0 Å². The minimum absolute atomic E-state index is 0.158. The minimum atomic E-state index is -0.720. The molecule has 35 heavy (non-hydrogen) atoms. The summed E-state index contributed by atoms with van der Waals surface area (Å²) in [5.74, 6) is -0.0460. The van der Waals surface area contributed by atoms with Crippen molar-refractivity contribution in [3.05, 3.63) is 81.1 Å². The predicted octanol–water partition coefficient (Wildman–Crippen LogP) is 5.58. The van der Waals surface area contributed by atoms with Gasteiger partial charge >= 0.3 is 0 Å². The molecule has 10 nitrogen and oxygen atoms in total. The van der Waals surface area contributed by atoms with E-state index in [1.165, 1.54) is 37.5 Å². The van der Waals surface area contributed by atoms with Gasteiger partial charge in [-0.05, 0) is 30.3 Å². The lowest BCUT2D eigenvalue weighted by molar-refractivity contribution is -0.384. The number of methoxy groups -OCH3 is 1. The van der Waals surface area contributed by atoms with E-state index in [0.29, 0.717) is 21.3 Å². The van der Waals surface area contributed by atoms with Gasteiger partial charge in [-0.3, -0.25) is 20.2 Å². The van der Waals surface area contributed by atoms with Crippen LogP contribution in [0.2, 0.25) is 5.02 Å². The second-order valence-electron chi connectivity index (χ2n) is 6.86. The third-order valence-electron chi connectivity index (χ3n) is 4.70. The number of hydrogen-bond acceptors (Lipinski definition) is 9. The monoisotopic (exact) mass is 507 g/mol. The average Bonchev–Trinajstić information content (AvgIpc) is 3.52. The number of benzene rings is 2. The molecule has 4 rings (SSSR count). The van der Waals surface area contributed by atoms with E-state index in [4.69, 9.17) is 20.8 Å². The summed E-state index contributed by atoms with van der Waals surface area (Å²) in [6, 6.07) is 16.2. The van der Waals surface area contributed by atoms with Crippen LogP contribution in [0, 0.1) is 21.4 Å². The van der Waals surface area contributed by atoms with Crippen LogP contribution in [0.25, 0.3) is 28.0 Å². The number of ether oxygens (including phenoxy) is 1. The van der Waals surface area contributed by atoms with Gasteiger partial charge in [0.25, 0.3) is 11.6 Å². The lowest BCUT2D eigenvalue weighted by Crippen LogP contribution is -2.13. The predicted molar refractivity (Wildman–Crippen MR) is 130 cm³/mol. The lowest BCUT2D eigenvalue weighted by Gasteiger charge is -2.03. The molecule has 1 amide bonds. The SMILES string of the molecule is COc1ccc(-c2ccc(C=C(C#N)C(=O)Nc3nnc(-c4ccccc4Cl)s3)o2)c([N+](=O)[O-])c1. The van der Waals surface area contributed by atoms with E-state index in [2.05, 4.69) is 15.5 Å². The third-order valence-corrected chi connectivity index (χ3v) is 5.90. The summed E-state index contributed by atoms with van der Waals surface area (Å²) < 4.78 is 10.7. The van der Waals surface area contributed by atoms with Crippen molar-refractivity contribution in [1.82, 2.24) is 10.2 Å². The number of halogens is 1. The van der Waals surface area contributed by atoms with Crippen LogP contribution in [0.4, 0.5) is 10.8 Å². The maximum Gasteiger partial charge on any atom is 0.284 e. The zero-order chi connectivity index (χ0) is 24.9. The van der Waals surface area contributed by atoms with Gasteiger partial charge in [0.15, 0.2) is 5.01 Å². The molecular formula is C23H14ClN5O5S. The molecule has 0 saturated carbocycles. The largest absolute Gasteiger partial charge is 0.497 e. The molecule has 1 N–H and O–H groups in total. The quantitative estimate of drug-likeness (QED) is 0.148. The van der Waals surface area contributed by atoms with Crippen LogP contribution in [-0.4, -0.2) is 28.1 Å². The van der Waals surface area contributed by atoms with Crippen LogP contribution in [0.15, 0.2) is 64.6 Å². The second kappa shape index (κ2) is 10.2. The molecule has 0 bridgehead atoms. The van der Waals surface area contributed by atoms with Crippen LogP contribution < -0.4 is 10.1 Å². The molecule has 0 aliphatic heterocycles. The van der Waals surface area contributed by atoms with Crippen LogP contribution in [0.5, 0.6) is 5.75 Å². The molecule has 12 heteroatoms. The van der Waals surface area contributed by atoms with Gasteiger partial charge in [0.2, 0.25) is 5.13 Å². The number of anilines is 1. The Hall–Kier alpha value is -4.53. The molecule has 0 spiro atoms. The highest BCUT2D eigenvalue weighted by Crippen LogP contribution is 2.35. The zero-order valence-corrected chi connectivity index (χ0v) is 19.5. The smallest absolute Gasteiger partial charge is 0.284 e. The first-order valence-corrected chi connectivity index (χ1v) is 11.0. The van der Waals surface area contributed by atoms with Gasteiger partial charge in [0.1, 0.15) is 28.9 Å². The number of nitriles is 1. The minimum Gasteiger partial charge on any atom is -0.497 e. The van der Waals surface area contributed by atoms with Gasteiger partial charge in [-0.15, -0.1) is 10.2 Å². The van der Waals surface area contributed by atoms with Crippen molar-refractivity contribution in [1.29, 1.82) is 5.26 Å². The molecule has 0 radical (unpaired) electrons. The molecule has 0 aliphatic rings. The van der Waals surface area contributed by atoms with E-state index in [9.17, 15) is 20.2 Å². The van der Waals surface area contributed by atoms with Crippen molar-refractivity contribution in [2.45, 2.75) is 0 Å². The average molecular weight is 508 g/mol. The van der Waals surface area contributed by atoms with E-state index in [0.717, 1.165) is 11.3 Å². The number of carbonyl (C=O) groups excluding carboxylic acids is 1. The number of nitro benzene ring substituents is 1. The number of rotatable bonds is 7. The summed E-state index contributed by atoms with van der Waals surface area (Å²) in [6.07, 6.45) is 1.23. The normalized spacial score (nSPS) is 11.1. The fraction of sp³-hybridized carbons (Fsp3) is 0.0435. The molecule has 0 fully saturated rings. The number of aromatic nitrogens is 2. The number of amides is 1. The van der Waals surface area contributed by atoms with Crippen LogP contribution >= 0.6 is 22.9 Å². The highest BCUT2D eigenvalue weighted by molar-refractivity contribution is 7.18. The fourth-order valence-corrected chi connectivity index (χ4v) is 4.10. The summed E-state index contributed by atoms with van der Waals surface area (Å²) in [4.78, 5) is 23.5. The number of nitrogens with zero attached hydrogens (tertiary/aromatic N) is 4. The first-order valence-electron chi connectivity index (χ1n) is 9.83. The standard InChI is InChI=1S/C23H14ClN5O5S/c1-33-14-6-8-17(19(11-14)29(31)32)20-9-7-15(34-20)10-13(12-25)21(30)26-23-28-27-22(35-23)16-4-2-3-5-18(16)24/h2-11H,1H3,(H,26,28,30). The summed E-state index contributed by atoms with van der Waals surface area (Å²) in [7, 11) is 1.41.